The van der Waals surface area contributed by atoms with Crippen LogP contribution in [-0.2, 0) is 9.47 Å². The maximum atomic E-state index is 6.08. The van der Waals surface area contributed by atoms with Crippen LogP contribution in [0.1, 0.15) is 27.2 Å². The van der Waals surface area contributed by atoms with Crippen LogP contribution in [0, 0.1) is 11.3 Å². The van der Waals surface area contributed by atoms with Gasteiger partial charge in [-0.05, 0) is 12.5 Å². The summed E-state index contributed by atoms with van der Waals surface area (Å²) >= 11 is 0. The Labute approximate surface area is 110 Å². The fourth-order valence-electron chi connectivity index (χ4n) is 2.60. The summed E-state index contributed by atoms with van der Waals surface area (Å²) in [6, 6.07) is 0. The quantitative estimate of drug-likeness (QED) is 0.696. The van der Waals surface area contributed by atoms with Gasteiger partial charge >= 0.3 is 0 Å². The van der Waals surface area contributed by atoms with Crippen LogP contribution < -0.4 is 0 Å². The Morgan fingerprint density at radius 1 is 1.11 bits per heavy atom. The van der Waals surface area contributed by atoms with Crippen molar-refractivity contribution in [3.63, 3.8) is 0 Å². The highest BCUT2D eigenvalue weighted by Crippen LogP contribution is 2.54. The van der Waals surface area contributed by atoms with E-state index in [1.807, 2.05) is 31.2 Å². The average molecular weight is 246 g/mol. The molecule has 2 aliphatic rings. The van der Waals surface area contributed by atoms with Crippen LogP contribution in [0.3, 0.4) is 0 Å². The van der Waals surface area contributed by atoms with Crippen molar-refractivity contribution < 1.29 is 9.47 Å². The van der Waals surface area contributed by atoms with Gasteiger partial charge in [-0.25, -0.2) is 0 Å². The van der Waals surface area contributed by atoms with Gasteiger partial charge in [-0.15, -0.1) is 0 Å². The molecule has 0 amide bonds. The van der Waals surface area contributed by atoms with E-state index in [2.05, 4.69) is 32.1 Å². The van der Waals surface area contributed by atoms with E-state index in [0.717, 1.165) is 12.2 Å². The molecule has 18 heavy (non-hydrogen) atoms. The van der Waals surface area contributed by atoms with Gasteiger partial charge in [0, 0.05) is 25.4 Å². The molecule has 1 aliphatic carbocycles. The van der Waals surface area contributed by atoms with E-state index in [1.54, 1.807) is 7.11 Å². The second-order valence-corrected chi connectivity index (χ2v) is 5.53. The highest BCUT2D eigenvalue weighted by atomic mass is 16.7. The Morgan fingerprint density at radius 2 is 1.78 bits per heavy atom. The minimum atomic E-state index is -0.563. The zero-order chi connectivity index (χ0) is 13.2. The predicted molar refractivity (Wildman–Crippen MR) is 73.9 cm³/mol. The van der Waals surface area contributed by atoms with E-state index >= 15 is 0 Å². The summed E-state index contributed by atoms with van der Waals surface area (Å²) in [5.41, 5.74) is -0.0608. The molecule has 0 N–H and O–H groups in total. The van der Waals surface area contributed by atoms with Crippen molar-refractivity contribution >= 4 is 0 Å². The number of methoxy groups -OCH3 is 1. The number of ether oxygens (including phenoxy) is 2. The summed E-state index contributed by atoms with van der Waals surface area (Å²) in [7, 11) is 1.72. The fraction of sp³-hybridized carbons (Fsp3) is 0.500. The monoisotopic (exact) mass is 246 g/mol. The molecular formula is C16H22O2. The third-order valence-electron chi connectivity index (χ3n) is 4.30. The lowest BCUT2D eigenvalue weighted by molar-refractivity contribution is -0.216. The first kappa shape index (κ1) is 13.2. The van der Waals surface area contributed by atoms with Crippen molar-refractivity contribution in [1.82, 2.24) is 0 Å². The molecule has 1 heterocycles. The number of allylic oxidation sites excluding steroid dienone is 8. The molecule has 1 saturated heterocycles. The zero-order valence-electron chi connectivity index (χ0n) is 11.6. The third-order valence-corrected chi connectivity index (χ3v) is 4.30. The van der Waals surface area contributed by atoms with E-state index in [-0.39, 0.29) is 5.41 Å². The van der Waals surface area contributed by atoms with Crippen LogP contribution >= 0.6 is 0 Å². The molecule has 98 valence electrons. The number of hydrogen-bond donors (Lipinski definition) is 0. The Kier molecular flexibility index (Phi) is 3.49. The zero-order valence-corrected chi connectivity index (χ0v) is 11.6. The van der Waals surface area contributed by atoms with Gasteiger partial charge in [0.1, 0.15) is 5.76 Å². The van der Waals surface area contributed by atoms with Crippen molar-refractivity contribution in [2.75, 3.05) is 7.11 Å². The van der Waals surface area contributed by atoms with Gasteiger partial charge in [0.15, 0.2) is 0 Å². The summed E-state index contributed by atoms with van der Waals surface area (Å²) in [4.78, 5) is 0. The number of fused-ring (bicyclic) bond motifs is 1. The lowest BCUT2D eigenvalue weighted by atomic mass is 9.72. The molecule has 0 aromatic carbocycles. The number of hydrogen-bond acceptors (Lipinski definition) is 2. The van der Waals surface area contributed by atoms with E-state index < -0.39 is 5.79 Å². The average Bonchev–Trinajstić information content (AvgIpc) is 2.54. The summed E-state index contributed by atoms with van der Waals surface area (Å²) in [5.74, 6) is 0.794. The Bertz CT molecular complexity index is 426. The van der Waals surface area contributed by atoms with Crippen molar-refractivity contribution in [1.29, 1.82) is 0 Å². The minimum absolute atomic E-state index is 0.0608. The van der Waals surface area contributed by atoms with Crippen LogP contribution in [0.5, 0.6) is 0 Å². The molecule has 0 aromatic heterocycles. The van der Waals surface area contributed by atoms with Gasteiger partial charge in [0.25, 0.3) is 0 Å². The molecule has 1 aliphatic heterocycles. The topological polar surface area (TPSA) is 18.5 Å². The van der Waals surface area contributed by atoms with Crippen LogP contribution in [-0.4, -0.2) is 12.9 Å². The lowest BCUT2D eigenvalue weighted by Crippen LogP contribution is -2.42. The molecule has 0 bridgehead atoms. The van der Waals surface area contributed by atoms with Crippen molar-refractivity contribution in [2.45, 2.75) is 33.0 Å². The molecule has 2 atom stereocenters. The first-order valence-corrected chi connectivity index (χ1v) is 6.45. The van der Waals surface area contributed by atoms with Gasteiger partial charge < -0.3 is 9.47 Å². The highest BCUT2D eigenvalue weighted by molar-refractivity contribution is 5.24. The Hall–Kier alpha value is -1.28. The first-order valence-electron chi connectivity index (χ1n) is 6.45. The maximum absolute atomic E-state index is 6.08. The molecule has 0 spiro atoms. The van der Waals surface area contributed by atoms with Crippen LogP contribution in [0.2, 0.25) is 0 Å². The SMILES string of the molecule is COC1(C)O/C2=C/C=C\C=C/C=C\CC2C1(C)C. The molecule has 0 radical (unpaired) electrons. The molecule has 1 fully saturated rings. The van der Waals surface area contributed by atoms with E-state index in [0.29, 0.717) is 5.92 Å². The largest absolute Gasteiger partial charge is 0.466 e. The van der Waals surface area contributed by atoms with E-state index in [9.17, 15) is 0 Å². The Balaban J connectivity index is 2.40. The molecule has 0 aromatic rings. The first-order chi connectivity index (χ1) is 8.51. The maximum Gasteiger partial charge on any atom is 0.212 e. The summed E-state index contributed by atoms with van der Waals surface area (Å²) in [6.07, 6.45) is 15.4. The van der Waals surface area contributed by atoms with E-state index in [4.69, 9.17) is 9.47 Å². The normalized spacial score (nSPS) is 42.0. The summed E-state index contributed by atoms with van der Waals surface area (Å²) in [6.45, 7) is 6.44. The standard InChI is InChI=1S/C16H22O2/c1-15(2)13-11-9-7-5-6-8-10-12-14(13)18-16(15,3)17-4/h5-10,12-13H,11H2,1-4H3/b6-5-,9-7-,10-8-,14-12+. The summed E-state index contributed by atoms with van der Waals surface area (Å²) in [5, 5.41) is 0. The number of rotatable bonds is 1. The predicted octanol–water partition coefficient (Wildman–Crippen LogP) is 3.98. The second kappa shape index (κ2) is 4.77. The van der Waals surface area contributed by atoms with Gasteiger partial charge in [-0.1, -0.05) is 50.3 Å². The van der Waals surface area contributed by atoms with E-state index in [1.165, 1.54) is 0 Å². The molecule has 2 heteroatoms. The highest BCUT2D eigenvalue weighted by Gasteiger charge is 2.56. The summed E-state index contributed by atoms with van der Waals surface area (Å²) < 4.78 is 11.7. The van der Waals surface area contributed by atoms with Gasteiger partial charge in [0.05, 0.1) is 0 Å². The van der Waals surface area contributed by atoms with Gasteiger partial charge in [-0.2, -0.15) is 0 Å². The van der Waals surface area contributed by atoms with Crippen molar-refractivity contribution in [3.05, 3.63) is 48.3 Å². The smallest absolute Gasteiger partial charge is 0.212 e. The molecule has 2 rings (SSSR count). The molecule has 2 unspecified atom stereocenters. The third kappa shape index (κ3) is 2.05. The van der Waals surface area contributed by atoms with Gasteiger partial charge in [0.2, 0.25) is 5.79 Å². The van der Waals surface area contributed by atoms with Gasteiger partial charge in [-0.3, -0.25) is 0 Å². The molecule has 2 nitrogen and oxygen atoms in total. The van der Waals surface area contributed by atoms with Crippen molar-refractivity contribution in [3.8, 4) is 0 Å². The molecule has 0 saturated carbocycles. The van der Waals surface area contributed by atoms with Crippen LogP contribution in [0.25, 0.3) is 0 Å². The van der Waals surface area contributed by atoms with Crippen LogP contribution in [0.15, 0.2) is 48.3 Å². The minimum Gasteiger partial charge on any atom is -0.466 e. The molecular weight excluding hydrogens is 224 g/mol. The second-order valence-electron chi connectivity index (χ2n) is 5.53. The fourth-order valence-corrected chi connectivity index (χ4v) is 2.60. The lowest BCUT2D eigenvalue weighted by Gasteiger charge is -2.36. The van der Waals surface area contributed by atoms with Crippen LogP contribution in [0.4, 0.5) is 0 Å². The Morgan fingerprint density at radius 3 is 2.50 bits per heavy atom. The van der Waals surface area contributed by atoms with Crippen molar-refractivity contribution in [2.24, 2.45) is 11.3 Å².